The van der Waals surface area contributed by atoms with Crippen LogP contribution in [0.2, 0.25) is 5.02 Å². The molecule has 0 aliphatic carbocycles. The molecule has 0 bridgehead atoms. The van der Waals surface area contributed by atoms with E-state index in [0.717, 1.165) is 16.7 Å². The van der Waals surface area contributed by atoms with Crippen molar-refractivity contribution in [2.24, 2.45) is 0 Å². The van der Waals surface area contributed by atoms with Crippen molar-refractivity contribution in [1.29, 1.82) is 4.78 Å². The summed E-state index contributed by atoms with van der Waals surface area (Å²) in [6.45, 7) is 4.71. The maximum absolute atomic E-state index is 12.3. The van der Waals surface area contributed by atoms with Crippen molar-refractivity contribution < 1.29 is 9.00 Å². The van der Waals surface area contributed by atoms with E-state index in [-0.39, 0.29) is 17.1 Å². The molecule has 1 aliphatic rings. The van der Waals surface area contributed by atoms with Crippen molar-refractivity contribution in [2.45, 2.75) is 25.0 Å². The van der Waals surface area contributed by atoms with E-state index in [4.69, 9.17) is 16.4 Å². The lowest BCUT2D eigenvalue weighted by Crippen LogP contribution is -2.43. The fourth-order valence-corrected chi connectivity index (χ4v) is 4.65. The Hall–Kier alpha value is -3.04. The summed E-state index contributed by atoms with van der Waals surface area (Å²) in [4.78, 5) is 25.3. The summed E-state index contributed by atoms with van der Waals surface area (Å²) in [5.74, 6) is 0.821. The number of anilines is 2. The molecule has 4 rings (SSSR count). The summed E-state index contributed by atoms with van der Waals surface area (Å²) >= 11 is 6.41. The van der Waals surface area contributed by atoms with E-state index in [0.29, 0.717) is 34.6 Å². The lowest BCUT2D eigenvalue weighted by atomic mass is 9.78. The van der Waals surface area contributed by atoms with Crippen LogP contribution in [0, 0.1) is 4.78 Å². The number of halogens is 1. The van der Waals surface area contributed by atoms with Gasteiger partial charge in [-0.1, -0.05) is 31.5 Å². The minimum absolute atomic E-state index is 0.0864. The monoisotopic (exact) mass is 470 g/mol. The van der Waals surface area contributed by atoms with Crippen LogP contribution in [0.25, 0.3) is 11.3 Å². The Labute approximate surface area is 191 Å². The average molecular weight is 471 g/mol. The first-order chi connectivity index (χ1) is 15.0. The van der Waals surface area contributed by atoms with Crippen LogP contribution < -0.4 is 10.6 Å². The normalized spacial score (nSPS) is 16.6. The first-order valence-corrected chi connectivity index (χ1v) is 12.4. The van der Waals surface area contributed by atoms with Crippen LogP contribution in [0.15, 0.2) is 42.7 Å². The second-order valence-electron chi connectivity index (χ2n) is 8.54. The molecule has 3 heterocycles. The summed E-state index contributed by atoms with van der Waals surface area (Å²) in [6, 6.07) is 9.01. The Kier molecular flexibility index (Phi) is 5.64. The quantitative estimate of drug-likeness (QED) is 0.515. The SMILES string of the molecule is CC1(C)CNC(=O)c2ccc(-c3nc(Nc4cc(CS(C)(=N)=O)ccn4)ncc3Cl)cc21. The second-order valence-corrected chi connectivity index (χ2v) is 11.2. The van der Waals surface area contributed by atoms with Gasteiger partial charge in [-0.2, -0.15) is 0 Å². The fourth-order valence-electron chi connectivity index (χ4n) is 3.64. The first-order valence-electron chi connectivity index (χ1n) is 9.91. The molecule has 0 fully saturated rings. The van der Waals surface area contributed by atoms with Crippen molar-refractivity contribution in [3.8, 4) is 11.3 Å². The van der Waals surface area contributed by atoms with E-state index in [9.17, 15) is 9.00 Å². The van der Waals surface area contributed by atoms with Crippen molar-refractivity contribution in [3.63, 3.8) is 0 Å². The molecule has 1 amide bonds. The molecular formula is C22H23ClN6O2S. The molecule has 8 nitrogen and oxygen atoms in total. The van der Waals surface area contributed by atoms with Gasteiger partial charge in [0.15, 0.2) is 0 Å². The third kappa shape index (κ3) is 4.73. The van der Waals surface area contributed by atoms with Crippen molar-refractivity contribution in [2.75, 3.05) is 18.1 Å². The summed E-state index contributed by atoms with van der Waals surface area (Å²) in [7, 11) is -2.67. The second kappa shape index (κ2) is 8.14. The van der Waals surface area contributed by atoms with Gasteiger partial charge in [-0.25, -0.2) is 19.2 Å². The van der Waals surface area contributed by atoms with Gasteiger partial charge in [-0.15, -0.1) is 0 Å². The third-order valence-corrected chi connectivity index (χ3v) is 6.37. The number of carbonyl (C=O) groups excluding carboxylic acids is 1. The molecule has 3 N–H and O–H groups in total. The summed E-state index contributed by atoms with van der Waals surface area (Å²) in [6.07, 6.45) is 4.49. The van der Waals surface area contributed by atoms with Crippen LogP contribution in [-0.2, 0) is 20.9 Å². The number of amides is 1. The smallest absolute Gasteiger partial charge is 0.251 e. The van der Waals surface area contributed by atoms with Crippen LogP contribution >= 0.6 is 11.6 Å². The van der Waals surface area contributed by atoms with Gasteiger partial charge in [-0.3, -0.25) is 9.57 Å². The highest BCUT2D eigenvalue weighted by atomic mass is 35.5. The Bertz CT molecular complexity index is 1320. The van der Waals surface area contributed by atoms with Crippen molar-refractivity contribution >= 4 is 39.0 Å². The summed E-state index contributed by atoms with van der Waals surface area (Å²) < 4.78 is 19.4. The van der Waals surface area contributed by atoms with Gasteiger partial charge in [0.1, 0.15) is 5.82 Å². The van der Waals surface area contributed by atoms with Crippen LogP contribution in [0.1, 0.15) is 35.3 Å². The molecule has 0 radical (unpaired) electrons. The van der Waals surface area contributed by atoms with Crippen molar-refractivity contribution in [1.82, 2.24) is 20.3 Å². The number of benzene rings is 1. The minimum atomic E-state index is -2.67. The van der Waals surface area contributed by atoms with Crippen LogP contribution in [0.5, 0.6) is 0 Å². The predicted molar refractivity (Wildman–Crippen MR) is 126 cm³/mol. The zero-order chi connectivity index (χ0) is 23.1. The van der Waals surface area contributed by atoms with Gasteiger partial charge in [0.25, 0.3) is 5.91 Å². The number of hydrogen-bond acceptors (Lipinski definition) is 7. The van der Waals surface area contributed by atoms with Gasteiger partial charge in [0.2, 0.25) is 5.95 Å². The molecule has 166 valence electrons. The zero-order valence-corrected chi connectivity index (χ0v) is 19.5. The molecule has 1 aromatic carbocycles. The van der Waals surface area contributed by atoms with Gasteiger partial charge in [0, 0.05) is 45.3 Å². The topological polar surface area (TPSA) is 121 Å². The number of pyridine rings is 1. The fraction of sp³-hybridized carbons (Fsp3) is 0.273. The molecule has 3 aromatic rings. The highest BCUT2D eigenvalue weighted by Crippen LogP contribution is 2.35. The van der Waals surface area contributed by atoms with E-state index in [1.165, 1.54) is 12.5 Å². The molecule has 1 aliphatic heterocycles. The number of aromatic nitrogens is 3. The molecule has 0 saturated heterocycles. The molecule has 2 aromatic heterocycles. The highest BCUT2D eigenvalue weighted by Gasteiger charge is 2.31. The van der Waals surface area contributed by atoms with E-state index in [1.54, 1.807) is 24.4 Å². The lowest BCUT2D eigenvalue weighted by molar-refractivity contribution is 0.0930. The van der Waals surface area contributed by atoms with Crippen LogP contribution in [0.3, 0.4) is 0 Å². The number of hydrogen-bond donors (Lipinski definition) is 3. The maximum Gasteiger partial charge on any atom is 0.251 e. The zero-order valence-electron chi connectivity index (χ0n) is 17.9. The molecule has 10 heteroatoms. The van der Waals surface area contributed by atoms with Gasteiger partial charge < -0.3 is 10.6 Å². The summed E-state index contributed by atoms with van der Waals surface area (Å²) in [5.41, 5.74) is 3.41. The number of carbonyl (C=O) groups is 1. The van der Waals surface area contributed by atoms with Crippen LogP contribution in [-0.4, -0.2) is 37.9 Å². The molecule has 1 atom stereocenters. The molecule has 0 spiro atoms. The Morgan fingerprint density at radius 2 is 2.03 bits per heavy atom. The Morgan fingerprint density at radius 1 is 1.25 bits per heavy atom. The molecule has 1 unspecified atom stereocenters. The molecule has 32 heavy (non-hydrogen) atoms. The molecule has 0 saturated carbocycles. The van der Waals surface area contributed by atoms with Crippen LogP contribution in [0.4, 0.5) is 11.8 Å². The Balaban J connectivity index is 1.68. The number of fused-ring (bicyclic) bond motifs is 1. The largest absolute Gasteiger partial charge is 0.351 e. The van der Waals surface area contributed by atoms with Gasteiger partial charge >= 0.3 is 0 Å². The van der Waals surface area contributed by atoms with E-state index in [1.807, 2.05) is 12.1 Å². The number of nitrogens with one attached hydrogen (secondary N) is 3. The van der Waals surface area contributed by atoms with Gasteiger partial charge in [0.05, 0.1) is 22.7 Å². The van der Waals surface area contributed by atoms with Crippen molar-refractivity contribution in [3.05, 3.63) is 64.4 Å². The summed E-state index contributed by atoms with van der Waals surface area (Å²) in [5, 5.41) is 6.34. The minimum Gasteiger partial charge on any atom is -0.351 e. The average Bonchev–Trinajstić information content (AvgIpc) is 2.71. The Morgan fingerprint density at radius 3 is 2.78 bits per heavy atom. The third-order valence-electron chi connectivity index (χ3n) is 5.21. The first kappa shape index (κ1) is 22.2. The predicted octanol–water partition coefficient (Wildman–Crippen LogP) is 4.13. The number of rotatable bonds is 5. The molecular weight excluding hydrogens is 448 g/mol. The maximum atomic E-state index is 12.3. The highest BCUT2D eigenvalue weighted by molar-refractivity contribution is 7.90. The number of nitrogens with zero attached hydrogens (tertiary/aromatic N) is 3. The van der Waals surface area contributed by atoms with E-state index < -0.39 is 9.73 Å². The van der Waals surface area contributed by atoms with E-state index >= 15 is 0 Å². The van der Waals surface area contributed by atoms with Gasteiger partial charge in [-0.05, 0) is 35.4 Å². The standard InChI is InChI=1S/C22H23ClN6O2S/c1-22(2)12-27-20(30)15-5-4-14(9-16(15)22)19-17(23)10-26-21(29-19)28-18-8-13(6-7-25-18)11-32(3,24)31/h4-10,24H,11-12H2,1-3H3,(H,27,30)(H,25,26,28,29). The lowest BCUT2D eigenvalue weighted by Gasteiger charge is -2.32. The van der Waals surface area contributed by atoms with E-state index in [2.05, 4.69) is 39.4 Å².